The molecule has 2 atom stereocenters. The minimum Gasteiger partial charge on any atom is -0.497 e. The Hall–Kier alpha value is -4.16. The zero-order valence-electron chi connectivity index (χ0n) is 21.1. The maximum atomic E-state index is 5.93. The highest BCUT2D eigenvalue weighted by Gasteiger charge is 2.42. The summed E-state index contributed by atoms with van der Waals surface area (Å²) in [6, 6.07) is 31.2. The van der Waals surface area contributed by atoms with Gasteiger partial charge < -0.3 is 19.5 Å². The fraction of sp³-hybridized carbons (Fsp3) is 0.161. The summed E-state index contributed by atoms with van der Waals surface area (Å²) in [6.07, 6.45) is 1.84. The standard InChI is InChI=1S/C31H28N4OS/c1-20-19-26(21(2)34(20)28-13-8-10-22-9-4-5-11-25(22)28)30-29(27-12-6-7-18-32-27)33-31(37)35(30)23-14-16-24(36-3)17-15-23/h4-19,29-30H,1-3H3,(H,33,37)/t29-,30-/m1/s1. The van der Waals surface area contributed by atoms with Crippen molar-refractivity contribution in [1.82, 2.24) is 14.9 Å². The van der Waals surface area contributed by atoms with Gasteiger partial charge in [-0.1, -0.05) is 42.5 Å². The highest BCUT2D eigenvalue weighted by molar-refractivity contribution is 7.80. The van der Waals surface area contributed by atoms with Gasteiger partial charge in [0.2, 0.25) is 0 Å². The predicted octanol–water partition coefficient (Wildman–Crippen LogP) is 6.83. The van der Waals surface area contributed by atoms with E-state index in [-0.39, 0.29) is 12.1 Å². The highest BCUT2D eigenvalue weighted by Crippen LogP contribution is 2.44. The lowest BCUT2D eigenvalue weighted by molar-refractivity contribution is 0.415. The number of nitrogens with zero attached hydrogens (tertiary/aromatic N) is 3. The molecule has 0 radical (unpaired) electrons. The summed E-state index contributed by atoms with van der Waals surface area (Å²) in [5.41, 5.74) is 6.72. The number of aryl methyl sites for hydroxylation is 1. The van der Waals surface area contributed by atoms with Crippen LogP contribution in [-0.4, -0.2) is 21.8 Å². The van der Waals surface area contributed by atoms with Crippen LogP contribution in [-0.2, 0) is 0 Å². The number of methoxy groups -OCH3 is 1. The number of benzene rings is 3. The van der Waals surface area contributed by atoms with E-state index in [4.69, 9.17) is 21.9 Å². The maximum absolute atomic E-state index is 5.93. The van der Waals surface area contributed by atoms with Crippen LogP contribution in [0.4, 0.5) is 5.69 Å². The van der Waals surface area contributed by atoms with Crippen molar-refractivity contribution in [3.8, 4) is 11.4 Å². The lowest BCUT2D eigenvalue weighted by atomic mass is 9.96. The molecule has 5 aromatic rings. The van der Waals surface area contributed by atoms with Crippen LogP contribution in [0.2, 0.25) is 0 Å². The van der Waals surface area contributed by atoms with E-state index in [9.17, 15) is 0 Å². The lowest BCUT2D eigenvalue weighted by Gasteiger charge is -2.28. The van der Waals surface area contributed by atoms with E-state index in [0.717, 1.165) is 17.1 Å². The Bertz CT molecular complexity index is 1590. The van der Waals surface area contributed by atoms with Crippen LogP contribution in [0.25, 0.3) is 16.5 Å². The normalized spacial score (nSPS) is 17.3. The van der Waals surface area contributed by atoms with E-state index in [1.807, 2.05) is 30.5 Å². The summed E-state index contributed by atoms with van der Waals surface area (Å²) in [5, 5.41) is 6.71. The third-order valence-corrected chi connectivity index (χ3v) is 7.56. The molecule has 0 aliphatic carbocycles. The van der Waals surface area contributed by atoms with Crippen molar-refractivity contribution < 1.29 is 4.74 Å². The van der Waals surface area contributed by atoms with E-state index in [0.29, 0.717) is 5.11 Å². The van der Waals surface area contributed by atoms with Crippen molar-refractivity contribution >= 4 is 33.8 Å². The summed E-state index contributed by atoms with van der Waals surface area (Å²) in [5.74, 6) is 0.814. The molecule has 2 aromatic heterocycles. The summed E-state index contributed by atoms with van der Waals surface area (Å²) < 4.78 is 7.76. The van der Waals surface area contributed by atoms with Crippen LogP contribution in [0.15, 0.2) is 97.2 Å². The zero-order valence-corrected chi connectivity index (χ0v) is 21.9. The molecule has 37 heavy (non-hydrogen) atoms. The molecule has 6 rings (SSSR count). The van der Waals surface area contributed by atoms with Crippen LogP contribution in [0.1, 0.15) is 34.7 Å². The van der Waals surface area contributed by atoms with Gasteiger partial charge in [0.05, 0.1) is 30.6 Å². The van der Waals surface area contributed by atoms with Crippen LogP contribution >= 0.6 is 12.2 Å². The predicted molar refractivity (Wildman–Crippen MR) is 154 cm³/mol. The molecule has 0 spiro atoms. The molecule has 0 amide bonds. The van der Waals surface area contributed by atoms with Crippen LogP contribution in [0, 0.1) is 13.8 Å². The molecule has 1 N–H and O–H groups in total. The molecule has 0 bridgehead atoms. The number of nitrogens with one attached hydrogen (secondary N) is 1. The van der Waals surface area contributed by atoms with E-state index >= 15 is 0 Å². The van der Waals surface area contributed by atoms with Gasteiger partial charge in [-0.2, -0.15) is 0 Å². The Morgan fingerprint density at radius 1 is 0.892 bits per heavy atom. The minimum atomic E-state index is -0.0998. The van der Waals surface area contributed by atoms with Crippen LogP contribution in [0.5, 0.6) is 5.75 Å². The molecule has 184 valence electrons. The molecule has 0 unspecified atom stereocenters. The van der Waals surface area contributed by atoms with Crippen LogP contribution in [0.3, 0.4) is 0 Å². The Morgan fingerprint density at radius 3 is 2.41 bits per heavy atom. The second kappa shape index (κ2) is 9.37. The van der Waals surface area contributed by atoms with Gasteiger partial charge in [-0.3, -0.25) is 4.98 Å². The number of anilines is 1. The molecular weight excluding hydrogens is 476 g/mol. The zero-order chi connectivity index (χ0) is 25.5. The second-order valence-corrected chi connectivity index (χ2v) is 9.74. The molecule has 1 aliphatic heterocycles. The molecule has 6 heteroatoms. The van der Waals surface area contributed by atoms with E-state index in [2.05, 4.69) is 95.4 Å². The number of hydrogen-bond acceptors (Lipinski definition) is 3. The van der Waals surface area contributed by atoms with Gasteiger partial charge >= 0.3 is 0 Å². The number of fused-ring (bicyclic) bond motifs is 1. The number of aromatic nitrogens is 2. The number of thiocarbonyl (C=S) groups is 1. The smallest absolute Gasteiger partial charge is 0.174 e. The average molecular weight is 505 g/mol. The van der Waals surface area contributed by atoms with Crippen molar-refractivity contribution in [2.45, 2.75) is 25.9 Å². The monoisotopic (exact) mass is 504 g/mol. The van der Waals surface area contributed by atoms with Gasteiger partial charge in [0, 0.05) is 28.7 Å². The molecule has 1 fully saturated rings. The van der Waals surface area contributed by atoms with Gasteiger partial charge in [-0.25, -0.2) is 0 Å². The Labute approximate surface area is 222 Å². The number of ether oxygens (including phenoxy) is 1. The fourth-order valence-corrected chi connectivity index (χ4v) is 5.90. The third-order valence-electron chi connectivity index (χ3n) is 7.25. The Morgan fingerprint density at radius 2 is 1.65 bits per heavy atom. The maximum Gasteiger partial charge on any atom is 0.174 e. The number of pyridine rings is 1. The van der Waals surface area contributed by atoms with Crippen molar-refractivity contribution in [2.24, 2.45) is 0 Å². The van der Waals surface area contributed by atoms with Crippen LogP contribution < -0.4 is 15.0 Å². The first-order valence-electron chi connectivity index (χ1n) is 12.4. The molecule has 0 saturated carbocycles. The first-order chi connectivity index (χ1) is 18.1. The third kappa shape index (κ3) is 3.94. The first-order valence-corrected chi connectivity index (χ1v) is 12.8. The molecule has 5 nitrogen and oxygen atoms in total. The number of hydrogen-bond donors (Lipinski definition) is 1. The van der Waals surface area contributed by atoms with Gasteiger partial charge in [0.15, 0.2) is 5.11 Å². The molecule has 1 saturated heterocycles. The lowest BCUT2D eigenvalue weighted by Crippen LogP contribution is -2.29. The second-order valence-electron chi connectivity index (χ2n) is 9.35. The van der Waals surface area contributed by atoms with E-state index in [1.165, 1.54) is 33.4 Å². The quantitative estimate of drug-likeness (QED) is 0.266. The first kappa shape index (κ1) is 23.3. The van der Waals surface area contributed by atoms with E-state index in [1.54, 1.807) is 7.11 Å². The van der Waals surface area contributed by atoms with Gasteiger partial charge in [-0.05, 0) is 85.5 Å². The Balaban J connectivity index is 1.53. The minimum absolute atomic E-state index is 0.0780. The Kier molecular flexibility index (Phi) is 5.89. The SMILES string of the molecule is COc1ccc(N2C(=S)N[C@H](c3ccccn3)[C@H]2c2cc(C)n(-c3cccc4ccccc34)c2C)cc1. The van der Waals surface area contributed by atoms with Gasteiger partial charge in [0.25, 0.3) is 0 Å². The number of rotatable bonds is 5. The average Bonchev–Trinajstić information content (AvgIpc) is 3.43. The van der Waals surface area contributed by atoms with E-state index < -0.39 is 0 Å². The molecule has 3 aromatic carbocycles. The summed E-state index contributed by atoms with van der Waals surface area (Å²) in [7, 11) is 1.68. The largest absolute Gasteiger partial charge is 0.497 e. The summed E-state index contributed by atoms with van der Waals surface area (Å²) in [6.45, 7) is 4.37. The molecule has 3 heterocycles. The van der Waals surface area contributed by atoms with Crippen molar-refractivity contribution in [3.63, 3.8) is 0 Å². The van der Waals surface area contributed by atoms with Crippen molar-refractivity contribution in [1.29, 1.82) is 0 Å². The summed E-state index contributed by atoms with van der Waals surface area (Å²) in [4.78, 5) is 6.92. The fourth-order valence-electron chi connectivity index (χ4n) is 5.55. The highest BCUT2D eigenvalue weighted by atomic mass is 32.1. The van der Waals surface area contributed by atoms with Gasteiger partial charge in [-0.15, -0.1) is 0 Å². The topological polar surface area (TPSA) is 42.3 Å². The van der Waals surface area contributed by atoms with Crippen molar-refractivity contribution in [2.75, 3.05) is 12.0 Å². The molecule has 1 aliphatic rings. The van der Waals surface area contributed by atoms with Gasteiger partial charge in [0.1, 0.15) is 5.75 Å². The summed E-state index contributed by atoms with van der Waals surface area (Å²) >= 11 is 5.93. The molecular formula is C31H28N4OS. The van der Waals surface area contributed by atoms with Crippen molar-refractivity contribution in [3.05, 3.63) is 120 Å².